The van der Waals surface area contributed by atoms with Gasteiger partial charge in [0.25, 0.3) is 0 Å². The molecule has 0 aromatic heterocycles. The molecule has 1 nitrogen and oxygen atoms in total. The summed E-state index contributed by atoms with van der Waals surface area (Å²) >= 11 is 0.709. The summed E-state index contributed by atoms with van der Waals surface area (Å²) in [6.45, 7) is 42.0. The summed E-state index contributed by atoms with van der Waals surface area (Å²) in [5, 5.41) is 0. The summed E-state index contributed by atoms with van der Waals surface area (Å²) in [4.78, 5) is 0. The van der Waals surface area contributed by atoms with Crippen molar-refractivity contribution in [2.75, 3.05) is 0 Å². The molecule has 0 N–H and O–H groups in total. The minimum Gasteiger partial charge on any atom is -0.668 e. The Balaban J connectivity index is 0.000000713. The van der Waals surface area contributed by atoms with Crippen LogP contribution in [0.3, 0.4) is 0 Å². The second-order valence-electron chi connectivity index (χ2n) is 17.4. The third kappa shape index (κ3) is 10.9. The Morgan fingerprint density at radius 2 is 0.717 bits per heavy atom. The van der Waals surface area contributed by atoms with Gasteiger partial charge >= 0.3 is 243 Å². The molecule has 0 spiro atoms. The molecule has 0 saturated carbocycles. The van der Waals surface area contributed by atoms with Crippen LogP contribution in [0.2, 0.25) is 39.3 Å². The van der Waals surface area contributed by atoms with Crippen LogP contribution in [-0.2, 0) is 0 Å². The second-order valence-corrected chi connectivity index (χ2v) is 29.0. The van der Waals surface area contributed by atoms with Crippen molar-refractivity contribution in [2.24, 2.45) is 0 Å². The fourth-order valence-electron chi connectivity index (χ4n) is 6.60. The average molecular weight is 763 g/mol. The third-order valence-corrected chi connectivity index (χ3v) is 16.2. The smallest absolute Gasteiger partial charge is 0.0691 e. The molecule has 0 saturated heterocycles. The molecule has 46 heavy (non-hydrogen) atoms. The van der Waals surface area contributed by atoms with Gasteiger partial charge in [-0.2, -0.15) is 0 Å². The summed E-state index contributed by atoms with van der Waals surface area (Å²) in [7, 11) is -2.21. The van der Waals surface area contributed by atoms with Crippen molar-refractivity contribution >= 4 is 42.6 Å². The van der Waals surface area contributed by atoms with Crippen LogP contribution in [0.25, 0.3) is 26.9 Å². The van der Waals surface area contributed by atoms with Crippen molar-refractivity contribution in [1.82, 2.24) is 0 Å². The van der Waals surface area contributed by atoms with Crippen molar-refractivity contribution in [3.8, 4) is 22.3 Å². The number of benzene rings is 3. The molecule has 0 unspecified atom stereocenters. The van der Waals surface area contributed by atoms with E-state index in [2.05, 4.69) is 165 Å². The van der Waals surface area contributed by atoms with E-state index in [9.17, 15) is 0 Å². The van der Waals surface area contributed by atoms with E-state index >= 15 is 0 Å². The molecule has 254 valence electrons. The Bertz CT molecular complexity index is 1290. The molecule has 0 aliphatic carbocycles. The second kappa shape index (κ2) is 16.5. The summed E-state index contributed by atoms with van der Waals surface area (Å²) in [6, 6.07) is 17.2. The Morgan fingerprint density at radius 3 is 0.891 bits per heavy atom. The average Bonchev–Trinajstić information content (AvgIpc) is 2.89. The Labute approximate surface area is 301 Å². The predicted octanol–water partition coefficient (Wildman–Crippen LogP) is 13.0. The van der Waals surface area contributed by atoms with E-state index in [1.807, 2.05) is 0 Å². The van der Waals surface area contributed by atoms with Crippen LogP contribution in [0.5, 0.6) is 0 Å². The van der Waals surface area contributed by atoms with Crippen LogP contribution in [0.1, 0.15) is 152 Å². The minimum atomic E-state index is -1.11. The van der Waals surface area contributed by atoms with Crippen LogP contribution in [-0.4, -0.2) is 39.0 Å². The number of hydrogen-bond acceptors (Lipinski definition) is 0. The van der Waals surface area contributed by atoms with Crippen LogP contribution in [0, 0.1) is 0 Å². The monoisotopic (exact) mass is 763 g/mol. The number of nitrogens with zero attached hydrogens (tertiary/aromatic N) is 1. The maximum Gasteiger partial charge on any atom is -0.0691 e. The molecule has 0 heterocycles. The molecule has 3 aromatic rings. The first kappa shape index (κ1) is 41.0. The van der Waals surface area contributed by atoms with Gasteiger partial charge in [-0.05, 0) is 0 Å². The van der Waals surface area contributed by atoms with Gasteiger partial charge < -0.3 is 4.65 Å². The van der Waals surface area contributed by atoms with Crippen molar-refractivity contribution in [3.05, 3.63) is 80.5 Å². The predicted molar refractivity (Wildman–Crippen MR) is 220 cm³/mol. The van der Waals surface area contributed by atoms with Crippen LogP contribution >= 0.6 is 0 Å². The van der Waals surface area contributed by atoms with E-state index in [4.69, 9.17) is 4.65 Å². The zero-order valence-electron chi connectivity index (χ0n) is 33.2. The standard InChI is InChI=1S/C36H49.C6H18NSi2.Sn.2H/c1-21(2)29-17-31(23(5)6)35(32(18-29)24(7)8)27-14-13-15-28(16-27)36-33(25(9)10)19-30(22(3)4)20-34(36)26(11)12;1-8(2,3)7-9(4,5)6;;;/h13-15,17-26H,1-12H3;1-6H3;;;/q;-1;+1;;. The maximum atomic E-state index is 4.82. The van der Waals surface area contributed by atoms with Gasteiger partial charge in [0.05, 0.1) is 0 Å². The van der Waals surface area contributed by atoms with Crippen molar-refractivity contribution < 1.29 is 0 Å². The van der Waals surface area contributed by atoms with Crippen LogP contribution in [0.15, 0.2) is 42.5 Å². The van der Waals surface area contributed by atoms with Gasteiger partial charge in [0.2, 0.25) is 0 Å². The molecule has 3 aromatic carbocycles. The number of hydrogen-bond donors (Lipinski definition) is 0. The summed E-state index contributed by atoms with van der Waals surface area (Å²) in [5.41, 5.74) is 15.0. The quantitative estimate of drug-likeness (QED) is 0.183. The molecule has 0 bridgehead atoms. The molecular weight excluding hydrogens is 693 g/mol. The van der Waals surface area contributed by atoms with Gasteiger partial charge in [-0.1, -0.05) is 55.8 Å². The van der Waals surface area contributed by atoms with Gasteiger partial charge in [-0.25, -0.2) is 0 Å². The van der Waals surface area contributed by atoms with Crippen molar-refractivity contribution in [1.29, 1.82) is 0 Å². The number of rotatable bonds is 10. The molecule has 0 aliphatic rings. The molecule has 0 amide bonds. The zero-order chi connectivity index (χ0) is 35.5. The molecule has 0 radical (unpaired) electrons. The van der Waals surface area contributed by atoms with Gasteiger partial charge in [0.15, 0.2) is 0 Å². The van der Waals surface area contributed by atoms with Gasteiger partial charge in [-0.3, -0.25) is 0 Å². The zero-order valence-corrected chi connectivity index (χ0v) is 39.2. The largest absolute Gasteiger partial charge is 0.668 e. The van der Waals surface area contributed by atoms with Gasteiger partial charge in [0.1, 0.15) is 0 Å². The molecule has 3 rings (SSSR count). The molecular formula is C42H69NSi2Sn. The first-order valence-corrected chi connectivity index (χ1v) is 26.9. The minimum absolute atomic E-state index is 0.488. The normalized spacial score (nSPS) is 12.6. The van der Waals surface area contributed by atoms with Crippen molar-refractivity contribution in [3.63, 3.8) is 0 Å². The van der Waals surface area contributed by atoms with Crippen LogP contribution < -0.4 is 3.58 Å². The van der Waals surface area contributed by atoms with E-state index < -0.39 is 16.5 Å². The first-order valence-electron chi connectivity index (χ1n) is 18.0. The summed E-state index contributed by atoms with van der Waals surface area (Å²) in [6.07, 6.45) is 0. The fourth-order valence-corrected chi connectivity index (χ4v) is 16.3. The first-order chi connectivity index (χ1) is 21.0. The fraction of sp³-hybridized carbons (Fsp3) is 0.571. The summed E-state index contributed by atoms with van der Waals surface area (Å²) in [5.74, 6) is 3.03. The molecule has 0 fully saturated rings. The van der Waals surface area contributed by atoms with E-state index in [0.29, 0.717) is 58.0 Å². The van der Waals surface area contributed by atoms with Crippen molar-refractivity contribution in [2.45, 2.75) is 158 Å². The molecule has 0 aliphatic heterocycles. The van der Waals surface area contributed by atoms with Gasteiger partial charge in [0, 0.05) is 0 Å². The summed E-state index contributed by atoms with van der Waals surface area (Å²) < 4.78 is 6.40. The molecule has 4 heteroatoms. The van der Waals surface area contributed by atoms with E-state index in [0.717, 1.165) is 0 Å². The maximum absolute atomic E-state index is 4.82. The Morgan fingerprint density at radius 1 is 0.457 bits per heavy atom. The third-order valence-electron chi connectivity index (χ3n) is 8.65. The van der Waals surface area contributed by atoms with E-state index in [1.54, 1.807) is 3.58 Å². The Kier molecular flexibility index (Phi) is 14.7. The molecule has 0 atom stereocenters. The van der Waals surface area contributed by atoms with Crippen LogP contribution in [0.4, 0.5) is 0 Å². The Hall–Kier alpha value is -1.15. The van der Waals surface area contributed by atoms with Gasteiger partial charge in [-0.15, -0.1) is 0 Å². The SMILES string of the molecule is CC(C)c1cc(C(C)C)c(-c2cccc(-c3c(C(C)C)cc(C(C)C)cc3C(C)C)[c]2[SnH2+])c(C(C)C)c1.C[Si](C)(C)[N-][Si](C)(C)C. The topological polar surface area (TPSA) is 14.1 Å². The van der Waals surface area contributed by atoms with E-state index in [1.165, 1.54) is 55.6 Å². The van der Waals surface area contributed by atoms with E-state index in [-0.39, 0.29) is 0 Å².